The van der Waals surface area contributed by atoms with E-state index < -0.39 is 53.1 Å². The molecule has 0 bridgehead atoms. The third-order valence-corrected chi connectivity index (χ3v) is 9.07. The molecule has 1 aliphatic carbocycles. The lowest BCUT2D eigenvalue weighted by molar-refractivity contribution is -0.139. The molecule has 1 aliphatic heterocycles. The van der Waals surface area contributed by atoms with E-state index in [0.29, 0.717) is 11.3 Å². The van der Waals surface area contributed by atoms with E-state index in [9.17, 15) is 29.1 Å². The minimum Gasteiger partial charge on any atom is -0.384 e. The summed E-state index contributed by atoms with van der Waals surface area (Å²) in [5, 5.41) is 23.2. The number of hydrogen-bond acceptors (Lipinski definition) is 8. The Labute approximate surface area is 272 Å². The van der Waals surface area contributed by atoms with Gasteiger partial charge in [-0.15, -0.1) is 5.10 Å². The molecular formula is C34H41N7O6. The lowest BCUT2D eigenvalue weighted by Crippen LogP contribution is -2.52. The zero-order valence-corrected chi connectivity index (χ0v) is 26.9. The third kappa shape index (κ3) is 7.62. The Morgan fingerprint density at radius 1 is 1.06 bits per heavy atom. The second-order valence-corrected chi connectivity index (χ2v) is 13.1. The summed E-state index contributed by atoms with van der Waals surface area (Å²) < 4.78 is 1.49. The largest absolute Gasteiger partial charge is 0.384 e. The second kappa shape index (κ2) is 13.9. The number of carbonyl (C=O) groups excluding carboxylic acids is 5. The molecule has 1 aromatic heterocycles. The van der Waals surface area contributed by atoms with Gasteiger partial charge in [0.25, 0.3) is 17.7 Å². The number of nitrogens with one attached hydrogen (secondary N) is 1. The van der Waals surface area contributed by atoms with Crippen LogP contribution in [0.3, 0.4) is 0 Å². The molecule has 0 radical (unpaired) electrons. The number of aliphatic hydroxyl groups is 1. The van der Waals surface area contributed by atoms with Crippen molar-refractivity contribution in [3.05, 3.63) is 59.9 Å². The van der Waals surface area contributed by atoms with Gasteiger partial charge in [0.2, 0.25) is 11.7 Å². The molecule has 2 aliphatic rings. The molecule has 0 spiro atoms. The number of benzene rings is 2. The first kappa shape index (κ1) is 33.6. The van der Waals surface area contributed by atoms with Crippen molar-refractivity contribution in [1.82, 2.24) is 25.2 Å². The lowest BCUT2D eigenvalue weighted by Gasteiger charge is -2.27. The fraction of sp³-hybridized carbons (Fsp3) is 0.471. The number of likely N-dealkylation sites (tertiary alicyclic amines) is 1. The molecule has 2 heterocycles. The van der Waals surface area contributed by atoms with Crippen molar-refractivity contribution in [1.29, 1.82) is 0 Å². The maximum Gasteiger partial charge on any atom is 0.287 e. The van der Waals surface area contributed by atoms with Crippen LogP contribution in [-0.2, 0) is 24.8 Å². The van der Waals surface area contributed by atoms with Crippen LogP contribution in [0.15, 0.2) is 53.7 Å². The van der Waals surface area contributed by atoms with E-state index in [2.05, 4.69) is 20.6 Å². The molecule has 13 heteroatoms. The van der Waals surface area contributed by atoms with Crippen molar-refractivity contribution in [2.45, 2.75) is 89.4 Å². The van der Waals surface area contributed by atoms with Gasteiger partial charge in [0.05, 0.1) is 24.0 Å². The third-order valence-electron chi connectivity index (χ3n) is 9.07. The predicted molar refractivity (Wildman–Crippen MR) is 173 cm³/mol. The summed E-state index contributed by atoms with van der Waals surface area (Å²) in [7, 11) is 0. The van der Waals surface area contributed by atoms with E-state index in [1.807, 2.05) is 30.3 Å². The SMILES string of the molecule is CC(NC(=O)[C@@H]1C[C@H](n2nncc2C(C)(C)O)CN1C(=O)/C(CC1CCCCC1)=N/C(=O)c1ccc2ccccc2c1)C(=O)C(N)=O. The van der Waals surface area contributed by atoms with Crippen molar-refractivity contribution >= 4 is 45.9 Å². The molecule has 1 saturated heterocycles. The Bertz CT molecular complexity index is 1720. The highest BCUT2D eigenvalue weighted by Gasteiger charge is 2.44. The monoisotopic (exact) mass is 643 g/mol. The number of nitrogens with zero attached hydrogens (tertiary/aromatic N) is 5. The van der Waals surface area contributed by atoms with E-state index in [4.69, 9.17) is 5.73 Å². The molecule has 5 rings (SSSR count). The van der Waals surface area contributed by atoms with Gasteiger partial charge in [0, 0.05) is 18.5 Å². The van der Waals surface area contributed by atoms with Gasteiger partial charge in [-0.1, -0.05) is 67.6 Å². The molecule has 4 N–H and O–H groups in total. The quantitative estimate of drug-likeness (QED) is 0.222. The minimum atomic E-state index is -1.32. The zero-order valence-electron chi connectivity index (χ0n) is 26.9. The van der Waals surface area contributed by atoms with Crippen molar-refractivity contribution < 1.29 is 29.1 Å². The Morgan fingerprint density at radius 2 is 1.77 bits per heavy atom. The molecular weight excluding hydrogens is 602 g/mol. The summed E-state index contributed by atoms with van der Waals surface area (Å²) in [5.74, 6) is -3.84. The number of aliphatic imine (C=N–C) groups is 1. The number of carbonyl (C=O) groups is 5. The van der Waals surface area contributed by atoms with E-state index in [0.717, 1.165) is 42.9 Å². The maximum absolute atomic E-state index is 14.5. The van der Waals surface area contributed by atoms with Crippen LogP contribution in [0.1, 0.15) is 87.8 Å². The van der Waals surface area contributed by atoms with Crippen LogP contribution in [0.25, 0.3) is 10.8 Å². The smallest absolute Gasteiger partial charge is 0.287 e. The Morgan fingerprint density at radius 3 is 2.45 bits per heavy atom. The molecule has 4 amide bonds. The van der Waals surface area contributed by atoms with Crippen LogP contribution in [0.5, 0.6) is 0 Å². The summed E-state index contributed by atoms with van der Waals surface area (Å²) >= 11 is 0. The van der Waals surface area contributed by atoms with Gasteiger partial charge in [0.15, 0.2) is 0 Å². The molecule has 47 heavy (non-hydrogen) atoms. The van der Waals surface area contributed by atoms with E-state index >= 15 is 0 Å². The summed E-state index contributed by atoms with van der Waals surface area (Å²) in [5.41, 5.74) is 4.60. The highest BCUT2D eigenvalue weighted by atomic mass is 16.3. The lowest BCUT2D eigenvalue weighted by atomic mass is 9.85. The molecule has 13 nitrogen and oxygen atoms in total. The van der Waals surface area contributed by atoms with Gasteiger partial charge in [-0.05, 0) is 56.0 Å². The van der Waals surface area contributed by atoms with Crippen LogP contribution < -0.4 is 11.1 Å². The number of nitrogens with two attached hydrogens (primary N) is 1. The van der Waals surface area contributed by atoms with Gasteiger partial charge in [-0.25, -0.2) is 9.67 Å². The van der Waals surface area contributed by atoms with Crippen LogP contribution in [0.4, 0.5) is 0 Å². The van der Waals surface area contributed by atoms with Crippen molar-refractivity contribution in [2.75, 3.05) is 6.54 Å². The van der Waals surface area contributed by atoms with E-state index in [1.54, 1.807) is 26.0 Å². The van der Waals surface area contributed by atoms with Crippen molar-refractivity contribution in [2.24, 2.45) is 16.6 Å². The van der Waals surface area contributed by atoms with Gasteiger partial charge in [-0.3, -0.25) is 24.0 Å². The van der Waals surface area contributed by atoms with Crippen molar-refractivity contribution in [3.8, 4) is 0 Å². The topological polar surface area (TPSA) is 190 Å². The predicted octanol–water partition coefficient (Wildman–Crippen LogP) is 2.61. The van der Waals surface area contributed by atoms with E-state index in [-0.39, 0.29) is 31.0 Å². The second-order valence-electron chi connectivity index (χ2n) is 13.1. The van der Waals surface area contributed by atoms with Crippen LogP contribution in [-0.4, -0.2) is 78.8 Å². The zero-order chi connectivity index (χ0) is 33.9. The summed E-state index contributed by atoms with van der Waals surface area (Å²) in [4.78, 5) is 71.2. The minimum absolute atomic E-state index is 0.00460. The van der Waals surface area contributed by atoms with Crippen LogP contribution in [0.2, 0.25) is 0 Å². The van der Waals surface area contributed by atoms with Gasteiger partial charge < -0.3 is 21.1 Å². The molecule has 2 aromatic carbocycles. The fourth-order valence-corrected chi connectivity index (χ4v) is 6.52. The number of amides is 4. The molecule has 1 unspecified atom stereocenters. The number of Topliss-reactive ketones (excluding diaryl/α,β-unsaturated/α-hetero) is 1. The summed E-state index contributed by atoms with van der Waals surface area (Å²) in [6.07, 6.45) is 6.67. The number of ketones is 1. The van der Waals surface area contributed by atoms with Gasteiger partial charge >= 0.3 is 0 Å². The number of fused-ring (bicyclic) bond motifs is 1. The molecule has 2 fully saturated rings. The average molecular weight is 644 g/mol. The molecule has 248 valence electrons. The number of hydrogen-bond donors (Lipinski definition) is 3. The first-order valence-corrected chi connectivity index (χ1v) is 16.0. The highest BCUT2D eigenvalue weighted by Crippen LogP contribution is 2.33. The molecule has 3 aromatic rings. The molecule has 1 saturated carbocycles. The van der Waals surface area contributed by atoms with Crippen molar-refractivity contribution in [3.63, 3.8) is 0 Å². The Kier molecular flexibility index (Phi) is 9.94. The number of primary amides is 1. The van der Waals surface area contributed by atoms with Gasteiger partial charge in [0.1, 0.15) is 17.4 Å². The molecule has 3 atom stereocenters. The first-order valence-electron chi connectivity index (χ1n) is 16.0. The maximum atomic E-state index is 14.5. The number of rotatable bonds is 10. The van der Waals surface area contributed by atoms with E-state index in [1.165, 1.54) is 22.7 Å². The van der Waals surface area contributed by atoms with Crippen LogP contribution in [0, 0.1) is 5.92 Å². The van der Waals surface area contributed by atoms with Gasteiger partial charge in [-0.2, -0.15) is 0 Å². The first-order chi connectivity index (χ1) is 22.3. The Hall–Kier alpha value is -4.78. The number of aromatic nitrogens is 3. The summed E-state index contributed by atoms with van der Waals surface area (Å²) in [6, 6.07) is 9.97. The highest BCUT2D eigenvalue weighted by molar-refractivity contribution is 6.41. The normalized spacial score (nSPS) is 19.8. The fourth-order valence-electron chi connectivity index (χ4n) is 6.52. The summed E-state index contributed by atoms with van der Waals surface area (Å²) in [6.45, 7) is 4.49. The van der Waals surface area contributed by atoms with Crippen LogP contribution >= 0.6 is 0 Å². The standard InChI is InChI=1S/C34H41N7O6/c1-20(29(42)30(35)43)37-32(45)27-17-25(41-28(18-36-39-41)34(2,3)47)19-40(27)33(46)26(15-21-9-5-4-6-10-21)38-31(44)24-14-13-22-11-7-8-12-23(22)16-24/h7-8,11-14,16,18,20-21,25,27,47H,4-6,9-10,15,17,19H2,1-3H3,(H2,35,43)(H,37,45)/b38-26+/t20?,25-,27-/m0/s1. The average Bonchev–Trinajstić information content (AvgIpc) is 3.72. The Balaban J connectivity index is 1.50.